The van der Waals surface area contributed by atoms with Gasteiger partial charge in [0.15, 0.2) is 0 Å². The van der Waals surface area contributed by atoms with Gasteiger partial charge in [0.05, 0.1) is 30.1 Å². The molecule has 0 aliphatic carbocycles. The molecule has 1 aromatic rings. The number of halogens is 1. The van der Waals surface area contributed by atoms with Gasteiger partial charge < -0.3 is 24.8 Å². The fourth-order valence-electron chi connectivity index (χ4n) is 3.54. The quantitative estimate of drug-likeness (QED) is 0.163. The van der Waals surface area contributed by atoms with E-state index in [2.05, 4.69) is 19.9 Å². The van der Waals surface area contributed by atoms with E-state index in [1.807, 2.05) is 37.1 Å². The Balaban J connectivity index is 2.96. The average molecular weight is 439 g/mol. The smallest absolute Gasteiger partial charge is 0.122 e. The second kappa shape index (κ2) is 14.3. The summed E-state index contributed by atoms with van der Waals surface area (Å²) in [5.74, 6) is 1.21. The molecule has 0 saturated heterocycles. The van der Waals surface area contributed by atoms with Crippen molar-refractivity contribution in [3.05, 3.63) is 46.2 Å². The highest BCUT2D eigenvalue weighted by molar-refractivity contribution is 6.33. The summed E-state index contributed by atoms with van der Waals surface area (Å²) in [6.07, 6.45) is 8.46. The molecule has 0 fully saturated rings. The zero-order valence-corrected chi connectivity index (χ0v) is 20.2. The van der Waals surface area contributed by atoms with Crippen LogP contribution in [0.15, 0.2) is 35.6 Å². The standard InChI is InChI=1S/C24H39ClN2O3/c1-7-9-19(10-8-2)21-11-12-22(25)23(26)24(21)27(4)17-30-16-20(29-6)15-18(3)13-14-28-5/h11-13,15,19H,7-10,14,16-17,26H2,1-6H3/b18-13-,20-15+. The van der Waals surface area contributed by atoms with Crippen LogP contribution < -0.4 is 10.6 Å². The highest BCUT2D eigenvalue weighted by Gasteiger charge is 2.20. The first-order chi connectivity index (χ1) is 14.4. The summed E-state index contributed by atoms with van der Waals surface area (Å²) in [6, 6.07) is 4.02. The molecule has 30 heavy (non-hydrogen) atoms. The Labute approximate surface area is 187 Å². The molecule has 6 heteroatoms. The van der Waals surface area contributed by atoms with Crippen LogP contribution in [0.25, 0.3) is 0 Å². The summed E-state index contributed by atoms with van der Waals surface area (Å²) in [4.78, 5) is 2.04. The number of hydrogen-bond acceptors (Lipinski definition) is 5. The van der Waals surface area contributed by atoms with Gasteiger partial charge in [0, 0.05) is 14.2 Å². The lowest BCUT2D eigenvalue weighted by Gasteiger charge is -2.28. The fourth-order valence-corrected chi connectivity index (χ4v) is 3.70. The minimum absolute atomic E-state index is 0.363. The number of hydrogen-bond donors (Lipinski definition) is 1. The molecule has 0 saturated carbocycles. The number of anilines is 2. The third-order valence-electron chi connectivity index (χ3n) is 5.04. The molecular formula is C24H39ClN2O3. The minimum atomic E-state index is 0.363. The van der Waals surface area contributed by atoms with E-state index in [4.69, 9.17) is 31.5 Å². The summed E-state index contributed by atoms with van der Waals surface area (Å²) in [5, 5.41) is 0.573. The normalized spacial score (nSPS) is 12.5. The Morgan fingerprint density at radius 1 is 1.20 bits per heavy atom. The van der Waals surface area contributed by atoms with Crippen molar-refractivity contribution in [2.75, 3.05) is 51.8 Å². The summed E-state index contributed by atoms with van der Waals surface area (Å²) >= 11 is 6.36. The first kappa shape index (κ1) is 26.3. The Morgan fingerprint density at radius 3 is 2.43 bits per heavy atom. The van der Waals surface area contributed by atoms with Crippen molar-refractivity contribution in [2.45, 2.75) is 52.4 Å². The van der Waals surface area contributed by atoms with Crippen molar-refractivity contribution in [1.82, 2.24) is 0 Å². The Morgan fingerprint density at radius 2 is 1.87 bits per heavy atom. The SMILES string of the molecule is CCCC(CCC)c1ccc(Cl)c(N)c1N(C)COC/C(=C\C(C)=C/COC)OC. The molecule has 0 unspecified atom stereocenters. The summed E-state index contributed by atoms with van der Waals surface area (Å²) in [6.45, 7) is 7.75. The fraction of sp³-hybridized carbons (Fsp3) is 0.583. The monoisotopic (exact) mass is 438 g/mol. The van der Waals surface area contributed by atoms with E-state index in [-0.39, 0.29) is 0 Å². The maximum Gasteiger partial charge on any atom is 0.122 e. The Bertz CT molecular complexity index is 698. The highest BCUT2D eigenvalue weighted by atomic mass is 35.5. The minimum Gasteiger partial charge on any atom is -0.499 e. The summed E-state index contributed by atoms with van der Waals surface area (Å²) in [7, 11) is 5.31. The van der Waals surface area contributed by atoms with Gasteiger partial charge in [-0.05, 0) is 49.0 Å². The molecule has 0 aromatic heterocycles. The van der Waals surface area contributed by atoms with E-state index in [9.17, 15) is 0 Å². The summed E-state index contributed by atoms with van der Waals surface area (Å²) in [5.41, 5.74) is 10.3. The molecule has 0 amide bonds. The second-order valence-electron chi connectivity index (χ2n) is 7.57. The van der Waals surface area contributed by atoms with Crippen LogP contribution >= 0.6 is 11.6 Å². The molecule has 1 rings (SSSR count). The predicted octanol–water partition coefficient (Wildman–Crippen LogP) is 6.14. The van der Waals surface area contributed by atoms with Gasteiger partial charge in [-0.2, -0.15) is 0 Å². The topological polar surface area (TPSA) is 57.0 Å². The van der Waals surface area contributed by atoms with Crippen LogP contribution in [0.5, 0.6) is 0 Å². The number of rotatable bonds is 14. The van der Waals surface area contributed by atoms with E-state index in [1.54, 1.807) is 14.2 Å². The van der Waals surface area contributed by atoms with E-state index in [0.717, 1.165) is 42.7 Å². The van der Waals surface area contributed by atoms with Crippen molar-refractivity contribution in [2.24, 2.45) is 0 Å². The number of allylic oxidation sites excluding steroid dienone is 2. The molecule has 0 radical (unpaired) electrons. The van der Waals surface area contributed by atoms with Gasteiger partial charge in [0.1, 0.15) is 19.1 Å². The molecule has 0 atom stereocenters. The van der Waals surface area contributed by atoms with Gasteiger partial charge in [0.2, 0.25) is 0 Å². The van der Waals surface area contributed by atoms with Crippen LogP contribution in [-0.2, 0) is 14.2 Å². The van der Waals surface area contributed by atoms with E-state index in [0.29, 0.717) is 36.6 Å². The first-order valence-corrected chi connectivity index (χ1v) is 11.0. The molecule has 1 aromatic carbocycles. The first-order valence-electron chi connectivity index (χ1n) is 10.7. The number of methoxy groups -OCH3 is 2. The highest BCUT2D eigenvalue weighted by Crippen LogP contribution is 2.40. The van der Waals surface area contributed by atoms with Gasteiger partial charge in [-0.25, -0.2) is 0 Å². The van der Waals surface area contributed by atoms with Crippen LogP contribution in [0.4, 0.5) is 11.4 Å². The van der Waals surface area contributed by atoms with Crippen LogP contribution in [0.3, 0.4) is 0 Å². The maximum atomic E-state index is 6.40. The van der Waals surface area contributed by atoms with Crippen LogP contribution in [0.1, 0.15) is 57.9 Å². The maximum absolute atomic E-state index is 6.40. The molecule has 0 aliphatic rings. The molecule has 0 bridgehead atoms. The van der Waals surface area contributed by atoms with E-state index < -0.39 is 0 Å². The third-order valence-corrected chi connectivity index (χ3v) is 5.37. The average Bonchev–Trinajstić information content (AvgIpc) is 2.73. The molecule has 5 nitrogen and oxygen atoms in total. The van der Waals surface area contributed by atoms with Crippen molar-refractivity contribution in [3.8, 4) is 0 Å². The lowest BCUT2D eigenvalue weighted by molar-refractivity contribution is 0.116. The van der Waals surface area contributed by atoms with Crippen molar-refractivity contribution in [1.29, 1.82) is 0 Å². The van der Waals surface area contributed by atoms with Crippen LogP contribution in [0.2, 0.25) is 5.02 Å². The van der Waals surface area contributed by atoms with Gasteiger partial charge in [0.25, 0.3) is 0 Å². The largest absolute Gasteiger partial charge is 0.499 e. The van der Waals surface area contributed by atoms with Crippen molar-refractivity contribution < 1.29 is 14.2 Å². The van der Waals surface area contributed by atoms with Crippen LogP contribution in [0, 0.1) is 0 Å². The third kappa shape index (κ3) is 8.21. The second-order valence-corrected chi connectivity index (χ2v) is 7.97. The van der Waals surface area contributed by atoms with Gasteiger partial charge in [-0.3, -0.25) is 0 Å². The zero-order chi connectivity index (χ0) is 22.5. The van der Waals surface area contributed by atoms with E-state index in [1.165, 1.54) is 5.56 Å². The number of ether oxygens (including phenoxy) is 3. The Hall–Kier alpha value is -1.69. The number of nitrogens with two attached hydrogens (primary N) is 1. The predicted molar refractivity (Wildman–Crippen MR) is 128 cm³/mol. The van der Waals surface area contributed by atoms with Gasteiger partial charge in [-0.1, -0.05) is 50.4 Å². The number of nitrogen functional groups attached to an aromatic ring is 1. The Kier molecular flexibility index (Phi) is 12.6. The van der Waals surface area contributed by atoms with Crippen molar-refractivity contribution in [3.63, 3.8) is 0 Å². The van der Waals surface area contributed by atoms with E-state index >= 15 is 0 Å². The molecular weight excluding hydrogens is 400 g/mol. The molecule has 0 heterocycles. The molecule has 0 aliphatic heterocycles. The van der Waals surface area contributed by atoms with Gasteiger partial charge >= 0.3 is 0 Å². The van der Waals surface area contributed by atoms with Crippen molar-refractivity contribution >= 4 is 23.0 Å². The molecule has 170 valence electrons. The molecule has 0 spiro atoms. The lowest BCUT2D eigenvalue weighted by Crippen LogP contribution is -2.25. The number of benzene rings is 1. The molecule has 2 N–H and O–H groups in total. The number of nitrogens with zero attached hydrogens (tertiary/aromatic N) is 1. The summed E-state index contributed by atoms with van der Waals surface area (Å²) < 4.78 is 16.4. The van der Waals surface area contributed by atoms with Gasteiger partial charge in [-0.15, -0.1) is 0 Å². The van der Waals surface area contributed by atoms with Crippen LogP contribution in [-0.4, -0.2) is 41.2 Å². The zero-order valence-electron chi connectivity index (χ0n) is 19.5. The lowest BCUT2D eigenvalue weighted by atomic mass is 9.88.